The molecule has 0 saturated carbocycles. The number of hydrogen-bond acceptors (Lipinski definition) is 4. The van der Waals surface area contributed by atoms with Crippen LogP contribution in [-0.2, 0) is 6.54 Å². The molecule has 1 aliphatic rings. The number of piperazine rings is 1. The first kappa shape index (κ1) is 16.0. The van der Waals surface area contributed by atoms with Crippen LogP contribution in [0.1, 0.15) is 29.8 Å². The summed E-state index contributed by atoms with van der Waals surface area (Å²) in [6.07, 6.45) is 1.89. The standard InChI is InChI=1S/C18H27N5/c1-14(19-12-17-13-20-21-15(17)2)16-4-6-18(7-5-16)23-10-8-22(3)9-11-23/h4-7,13-14,19H,8-12H2,1-3H3,(H,20,21). The van der Waals surface area contributed by atoms with Crippen LogP contribution in [0.15, 0.2) is 30.5 Å². The molecule has 0 amide bonds. The summed E-state index contributed by atoms with van der Waals surface area (Å²) in [6, 6.07) is 9.32. The van der Waals surface area contributed by atoms with Crippen LogP contribution in [0.5, 0.6) is 0 Å². The molecule has 0 bridgehead atoms. The summed E-state index contributed by atoms with van der Waals surface area (Å²) in [6.45, 7) is 9.61. The zero-order valence-electron chi connectivity index (χ0n) is 14.3. The highest BCUT2D eigenvalue weighted by molar-refractivity contribution is 5.48. The van der Waals surface area contributed by atoms with E-state index >= 15 is 0 Å². The minimum Gasteiger partial charge on any atom is -0.369 e. The molecule has 1 fully saturated rings. The van der Waals surface area contributed by atoms with Crippen molar-refractivity contribution in [1.29, 1.82) is 0 Å². The molecule has 0 aliphatic carbocycles. The van der Waals surface area contributed by atoms with Crippen molar-refractivity contribution in [1.82, 2.24) is 20.4 Å². The fourth-order valence-electron chi connectivity index (χ4n) is 2.97. The Hall–Kier alpha value is -1.85. The molecule has 23 heavy (non-hydrogen) atoms. The Bertz CT molecular complexity index is 611. The van der Waals surface area contributed by atoms with Gasteiger partial charge in [-0.2, -0.15) is 5.10 Å². The van der Waals surface area contributed by atoms with Gasteiger partial charge in [-0.15, -0.1) is 0 Å². The van der Waals surface area contributed by atoms with Gasteiger partial charge in [0.25, 0.3) is 0 Å². The van der Waals surface area contributed by atoms with Crippen LogP contribution in [0.4, 0.5) is 5.69 Å². The number of aryl methyl sites for hydroxylation is 1. The van der Waals surface area contributed by atoms with Crippen LogP contribution in [0.25, 0.3) is 0 Å². The minimum atomic E-state index is 0.325. The van der Waals surface area contributed by atoms with E-state index in [1.807, 2.05) is 6.20 Å². The molecule has 3 rings (SSSR count). The van der Waals surface area contributed by atoms with Crippen molar-refractivity contribution in [3.63, 3.8) is 0 Å². The number of nitrogens with one attached hydrogen (secondary N) is 2. The highest BCUT2D eigenvalue weighted by Gasteiger charge is 2.14. The van der Waals surface area contributed by atoms with Gasteiger partial charge in [0.15, 0.2) is 0 Å². The quantitative estimate of drug-likeness (QED) is 0.889. The van der Waals surface area contributed by atoms with Gasteiger partial charge in [0.2, 0.25) is 0 Å². The first-order chi connectivity index (χ1) is 11.1. The fraction of sp³-hybridized carbons (Fsp3) is 0.500. The third-order valence-electron chi connectivity index (χ3n) is 4.79. The molecule has 2 N–H and O–H groups in total. The Labute approximate surface area is 138 Å². The summed E-state index contributed by atoms with van der Waals surface area (Å²) in [5, 5.41) is 10.6. The largest absolute Gasteiger partial charge is 0.369 e. The molecule has 0 radical (unpaired) electrons. The predicted molar refractivity (Wildman–Crippen MR) is 94.7 cm³/mol. The third-order valence-corrected chi connectivity index (χ3v) is 4.79. The average Bonchev–Trinajstić information content (AvgIpc) is 2.99. The van der Waals surface area contributed by atoms with E-state index in [0.29, 0.717) is 6.04 Å². The van der Waals surface area contributed by atoms with Crippen LogP contribution < -0.4 is 10.2 Å². The van der Waals surface area contributed by atoms with Crippen molar-refractivity contribution in [2.24, 2.45) is 0 Å². The molecule has 1 aliphatic heterocycles. The molecule has 1 aromatic carbocycles. The van der Waals surface area contributed by atoms with Crippen LogP contribution in [0.2, 0.25) is 0 Å². The van der Waals surface area contributed by atoms with E-state index in [9.17, 15) is 0 Å². The van der Waals surface area contributed by atoms with Gasteiger partial charge in [0, 0.05) is 55.7 Å². The second-order valence-corrected chi connectivity index (χ2v) is 6.50. The Morgan fingerprint density at radius 1 is 1.17 bits per heavy atom. The summed E-state index contributed by atoms with van der Waals surface area (Å²) in [5.41, 5.74) is 5.02. The summed E-state index contributed by atoms with van der Waals surface area (Å²) >= 11 is 0. The zero-order valence-corrected chi connectivity index (χ0v) is 14.3. The maximum Gasteiger partial charge on any atom is 0.0535 e. The number of benzene rings is 1. The van der Waals surface area contributed by atoms with Gasteiger partial charge in [-0.05, 0) is 38.6 Å². The lowest BCUT2D eigenvalue weighted by molar-refractivity contribution is 0.313. The third kappa shape index (κ3) is 3.92. The average molecular weight is 313 g/mol. The van der Waals surface area contributed by atoms with E-state index < -0.39 is 0 Å². The fourth-order valence-corrected chi connectivity index (χ4v) is 2.97. The first-order valence-corrected chi connectivity index (χ1v) is 8.39. The van der Waals surface area contributed by atoms with Gasteiger partial charge < -0.3 is 15.1 Å². The van der Waals surface area contributed by atoms with Gasteiger partial charge in [0.05, 0.1) is 6.20 Å². The summed E-state index contributed by atoms with van der Waals surface area (Å²) in [7, 11) is 2.19. The highest BCUT2D eigenvalue weighted by atomic mass is 15.2. The second kappa shape index (κ2) is 7.15. The summed E-state index contributed by atoms with van der Waals surface area (Å²) in [5.74, 6) is 0. The lowest BCUT2D eigenvalue weighted by Gasteiger charge is -2.34. The Morgan fingerprint density at radius 3 is 2.48 bits per heavy atom. The maximum absolute atomic E-state index is 4.07. The van der Waals surface area contributed by atoms with E-state index in [0.717, 1.165) is 38.4 Å². The van der Waals surface area contributed by atoms with E-state index in [2.05, 4.69) is 70.5 Å². The van der Waals surface area contributed by atoms with Crippen LogP contribution >= 0.6 is 0 Å². The number of aromatic amines is 1. The Morgan fingerprint density at radius 2 is 1.87 bits per heavy atom. The van der Waals surface area contributed by atoms with Crippen molar-refractivity contribution >= 4 is 5.69 Å². The SMILES string of the molecule is Cc1[nH]ncc1CNC(C)c1ccc(N2CCN(C)CC2)cc1. The molecule has 5 heteroatoms. The van der Waals surface area contributed by atoms with Crippen molar-refractivity contribution < 1.29 is 0 Å². The van der Waals surface area contributed by atoms with E-state index in [-0.39, 0.29) is 0 Å². The van der Waals surface area contributed by atoms with E-state index in [1.54, 1.807) is 0 Å². The van der Waals surface area contributed by atoms with Gasteiger partial charge in [0.1, 0.15) is 0 Å². The topological polar surface area (TPSA) is 47.2 Å². The van der Waals surface area contributed by atoms with Gasteiger partial charge >= 0.3 is 0 Å². The second-order valence-electron chi connectivity index (χ2n) is 6.50. The Kier molecular flexibility index (Phi) is 4.98. The molecule has 1 saturated heterocycles. The lowest BCUT2D eigenvalue weighted by atomic mass is 10.1. The van der Waals surface area contributed by atoms with Crippen molar-refractivity contribution in [2.75, 3.05) is 38.1 Å². The first-order valence-electron chi connectivity index (χ1n) is 8.39. The zero-order chi connectivity index (χ0) is 16.2. The van der Waals surface area contributed by atoms with Crippen molar-refractivity contribution in [3.8, 4) is 0 Å². The van der Waals surface area contributed by atoms with E-state index in [4.69, 9.17) is 0 Å². The minimum absolute atomic E-state index is 0.325. The highest BCUT2D eigenvalue weighted by Crippen LogP contribution is 2.20. The van der Waals surface area contributed by atoms with Gasteiger partial charge in [-0.25, -0.2) is 0 Å². The van der Waals surface area contributed by atoms with Crippen LogP contribution in [0, 0.1) is 6.92 Å². The summed E-state index contributed by atoms with van der Waals surface area (Å²) < 4.78 is 0. The molecule has 2 aromatic rings. The number of aromatic nitrogens is 2. The van der Waals surface area contributed by atoms with E-state index in [1.165, 1.54) is 16.8 Å². The molecule has 5 nitrogen and oxygen atoms in total. The number of hydrogen-bond donors (Lipinski definition) is 2. The maximum atomic E-state index is 4.07. The van der Waals surface area contributed by atoms with Crippen molar-refractivity contribution in [2.45, 2.75) is 26.4 Å². The molecule has 2 heterocycles. The normalized spacial score (nSPS) is 17.4. The number of likely N-dealkylation sites (N-methyl/N-ethyl adjacent to an activating group) is 1. The molecular formula is C18H27N5. The Balaban J connectivity index is 1.57. The number of anilines is 1. The molecule has 0 spiro atoms. The summed E-state index contributed by atoms with van der Waals surface area (Å²) in [4.78, 5) is 4.85. The van der Waals surface area contributed by atoms with Crippen LogP contribution in [-0.4, -0.2) is 48.3 Å². The number of H-pyrrole nitrogens is 1. The molecule has 1 unspecified atom stereocenters. The number of rotatable bonds is 5. The predicted octanol–water partition coefficient (Wildman–Crippen LogP) is 2.32. The van der Waals surface area contributed by atoms with Crippen LogP contribution in [0.3, 0.4) is 0 Å². The smallest absolute Gasteiger partial charge is 0.0535 e. The molecule has 124 valence electrons. The monoisotopic (exact) mass is 313 g/mol. The number of nitrogens with zero attached hydrogens (tertiary/aromatic N) is 3. The molecule has 1 aromatic heterocycles. The molecular weight excluding hydrogens is 286 g/mol. The van der Waals surface area contributed by atoms with Gasteiger partial charge in [-0.3, -0.25) is 5.10 Å². The van der Waals surface area contributed by atoms with Crippen molar-refractivity contribution in [3.05, 3.63) is 47.3 Å². The van der Waals surface area contributed by atoms with Gasteiger partial charge in [-0.1, -0.05) is 12.1 Å². The molecule has 1 atom stereocenters. The lowest BCUT2D eigenvalue weighted by Crippen LogP contribution is -2.44.